The molecule has 0 atom stereocenters. The maximum atomic E-state index is 10.8. The molecule has 0 aliphatic heterocycles. The first-order valence-electron chi connectivity index (χ1n) is 7.87. The number of hydrogen-bond acceptors (Lipinski definition) is 8. The van der Waals surface area contributed by atoms with Crippen molar-refractivity contribution in [1.29, 1.82) is 0 Å². The molecular weight excluding hydrogens is 375 g/mol. The SMILES string of the molecule is COc1ccc(Nc2nc(N)nc3c2ncn3CCOCP(=O)(O)O)cc1. The van der Waals surface area contributed by atoms with Crippen LogP contribution < -0.4 is 15.8 Å². The largest absolute Gasteiger partial charge is 0.497 e. The molecule has 0 aliphatic rings. The summed E-state index contributed by atoms with van der Waals surface area (Å²) in [6.07, 6.45) is 0.903. The topological polar surface area (TPSA) is 158 Å². The average molecular weight is 394 g/mol. The van der Waals surface area contributed by atoms with E-state index in [2.05, 4.69) is 20.3 Å². The maximum Gasteiger partial charge on any atom is 0.350 e. The predicted octanol–water partition coefficient (Wildman–Crippen LogP) is 1.31. The molecular formula is C15H19N6O5P. The molecule has 27 heavy (non-hydrogen) atoms. The second-order valence-electron chi connectivity index (χ2n) is 5.60. The Bertz CT molecular complexity index is 971. The molecule has 2 aromatic heterocycles. The Morgan fingerprint density at radius 3 is 2.67 bits per heavy atom. The van der Waals surface area contributed by atoms with E-state index in [0.717, 1.165) is 11.4 Å². The lowest BCUT2D eigenvalue weighted by molar-refractivity contribution is 0.149. The van der Waals surface area contributed by atoms with Crippen molar-refractivity contribution in [2.75, 3.05) is 31.1 Å². The molecule has 12 heteroatoms. The molecule has 0 radical (unpaired) electrons. The predicted molar refractivity (Wildman–Crippen MR) is 98.9 cm³/mol. The van der Waals surface area contributed by atoms with E-state index >= 15 is 0 Å². The molecule has 144 valence electrons. The minimum absolute atomic E-state index is 0.0661. The molecule has 0 saturated carbocycles. The van der Waals surface area contributed by atoms with Crippen LogP contribution in [0.1, 0.15) is 0 Å². The molecule has 11 nitrogen and oxygen atoms in total. The zero-order valence-corrected chi connectivity index (χ0v) is 15.3. The van der Waals surface area contributed by atoms with Gasteiger partial charge in [0.15, 0.2) is 17.0 Å². The third kappa shape index (κ3) is 4.92. The zero-order valence-electron chi connectivity index (χ0n) is 14.4. The first-order valence-corrected chi connectivity index (χ1v) is 9.67. The van der Waals surface area contributed by atoms with E-state index in [9.17, 15) is 4.57 Å². The lowest BCUT2D eigenvalue weighted by Gasteiger charge is -2.09. The van der Waals surface area contributed by atoms with Crippen molar-refractivity contribution < 1.29 is 23.8 Å². The number of rotatable bonds is 8. The summed E-state index contributed by atoms with van der Waals surface area (Å²) in [4.78, 5) is 30.3. The molecule has 0 fully saturated rings. The first-order chi connectivity index (χ1) is 12.9. The number of methoxy groups -OCH3 is 1. The van der Waals surface area contributed by atoms with Crippen LogP contribution in [0.25, 0.3) is 11.2 Å². The lowest BCUT2D eigenvalue weighted by atomic mass is 10.3. The number of nitrogens with one attached hydrogen (secondary N) is 1. The standard InChI is InChI=1S/C15H19N6O5P/c1-25-11-4-2-10(3-5-11)18-13-12-14(20-15(16)19-13)21(8-17-12)6-7-26-9-27(22,23)24/h2-5,8H,6-7,9H2,1H3,(H2,22,23,24)(H3,16,18,19,20). The molecule has 3 aromatic rings. The summed E-state index contributed by atoms with van der Waals surface area (Å²) in [5, 5.41) is 3.14. The van der Waals surface area contributed by atoms with Gasteiger partial charge in [-0.25, -0.2) is 4.98 Å². The van der Waals surface area contributed by atoms with Crippen molar-refractivity contribution >= 4 is 36.2 Å². The first kappa shape index (κ1) is 19.1. The molecule has 0 saturated heterocycles. The van der Waals surface area contributed by atoms with Crippen LogP contribution in [0.4, 0.5) is 17.5 Å². The second-order valence-corrected chi connectivity index (χ2v) is 7.18. The third-order valence-corrected chi connectivity index (χ3v) is 4.09. The Morgan fingerprint density at radius 2 is 2.00 bits per heavy atom. The van der Waals surface area contributed by atoms with E-state index in [1.54, 1.807) is 30.1 Å². The highest BCUT2D eigenvalue weighted by Gasteiger charge is 2.15. The monoisotopic (exact) mass is 394 g/mol. The van der Waals surface area contributed by atoms with Gasteiger partial charge < -0.3 is 34.9 Å². The highest BCUT2D eigenvalue weighted by atomic mass is 31.2. The van der Waals surface area contributed by atoms with E-state index in [4.69, 9.17) is 25.0 Å². The van der Waals surface area contributed by atoms with Gasteiger partial charge >= 0.3 is 7.60 Å². The number of nitrogen functional groups attached to an aromatic ring is 1. The molecule has 2 heterocycles. The summed E-state index contributed by atoms with van der Waals surface area (Å²) in [5.41, 5.74) is 7.57. The normalized spacial score (nSPS) is 11.7. The molecule has 0 unspecified atom stereocenters. The minimum Gasteiger partial charge on any atom is -0.497 e. The molecule has 5 N–H and O–H groups in total. The van der Waals surface area contributed by atoms with Gasteiger partial charge in [0, 0.05) is 12.2 Å². The number of nitrogens with zero attached hydrogens (tertiary/aromatic N) is 4. The molecule has 3 rings (SSSR count). The van der Waals surface area contributed by atoms with Crippen molar-refractivity contribution in [3.63, 3.8) is 0 Å². The number of imidazole rings is 1. The van der Waals surface area contributed by atoms with Crippen LogP contribution in [0.3, 0.4) is 0 Å². The van der Waals surface area contributed by atoms with Gasteiger partial charge in [0.2, 0.25) is 5.95 Å². The van der Waals surface area contributed by atoms with E-state index < -0.39 is 13.9 Å². The fourth-order valence-corrected chi connectivity index (χ4v) is 2.74. The average Bonchev–Trinajstić information content (AvgIpc) is 3.01. The van der Waals surface area contributed by atoms with Gasteiger partial charge in [-0.1, -0.05) is 0 Å². The summed E-state index contributed by atoms with van der Waals surface area (Å²) in [6.45, 7) is 0.386. The maximum absolute atomic E-state index is 10.8. The number of nitrogens with two attached hydrogens (primary N) is 1. The van der Waals surface area contributed by atoms with Gasteiger partial charge in [0.25, 0.3) is 0 Å². The number of benzene rings is 1. The van der Waals surface area contributed by atoms with Crippen LogP contribution in [-0.4, -0.2) is 49.4 Å². The zero-order chi connectivity index (χ0) is 19.4. The number of anilines is 3. The van der Waals surface area contributed by atoms with Crippen molar-refractivity contribution in [1.82, 2.24) is 19.5 Å². The second kappa shape index (κ2) is 7.89. The fraction of sp³-hybridized carbons (Fsp3) is 0.267. The molecule has 0 aliphatic carbocycles. The van der Waals surface area contributed by atoms with E-state index in [-0.39, 0.29) is 12.6 Å². The van der Waals surface area contributed by atoms with Crippen LogP contribution in [0.15, 0.2) is 30.6 Å². The number of hydrogen-bond donors (Lipinski definition) is 4. The van der Waals surface area contributed by atoms with Crippen molar-refractivity contribution in [3.8, 4) is 5.75 Å². The van der Waals surface area contributed by atoms with Crippen LogP contribution >= 0.6 is 7.60 Å². The van der Waals surface area contributed by atoms with Crippen LogP contribution in [0.2, 0.25) is 0 Å². The lowest BCUT2D eigenvalue weighted by Crippen LogP contribution is -2.08. The number of ether oxygens (including phenoxy) is 2. The van der Waals surface area contributed by atoms with Crippen molar-refractivity contribution in [2.24, 2.45) is 0 Å². The van der Waals surface area contributed by atoms with Gasteiger partial charge in [-0.2, -0.15) is 9.97 Å². The molecule has 0 spiro atoms. The summed E-state index contributed by atoms with van der Waals surface area (Å²) < 4.78 is 22.6. The van der Waals surface area contributed by atoms with E-state index in [0.29, 0.717) is 23.5 Å². The number of aromatic nitrogens is 4. The molecule has 0 amide bonds. The smallest absolute Gasteiger partial charge is 0.350 e. The Labute approximate surface area is 154 Å². The quantitative estimate of drug-likeness (QED) is 0.324. The summed E-state index contributed by atoms with van der Waals surface area (Å²) in [6, 6.07) is 7.27. The van der Waals surface area contributed by atoms with Crippen LogP contribution in [-0.2, 0) is 15.8 Å². The Morgan fingerprint density at radius 1 is 1.26 bits per heavy atom. The summed E-state index contributed by atoms with van der Waals surface area (Å²) >= 11 is 0. The van der Waals surface area contributed by atoms with Crippen molar-refractivity contribution in [2.45, 2.75) is 6.54 Å². The summed E-state index contributed by atoms with van der Waals surface area (Å²) in [7, 11) is -2.60. The Kier molecular flexibility index (Phi) is 5.57. The Hall–Kier alpha value is -2.72. The van der Waals surface area contributed by atoms with E-state index in [1.165, 1.54) is 0 Å². The Balaban J connectivity index is 1.78. The van der Waals surface area contributed by atoms with Crippen LogP contribution in [0.5, 0.6) is 5.75 Å². The fourth-order valence-electron chi connectivity index (χ4n) is 2.37. The van der Waals surface area contributed by atoms with E-state index in [1.807, 2.05) is 12.1 Å². The van der Waals surface area contributed by atoms with Gasteiger partial charge in [0.1, 0.15) is 12.1 Å². The van der Waals surface area contributed by atoms with Crippen LogP contribution in [0, 0.1) is 0 Å². The minimum atomic E-state index is -4.19. The number of fused-ring (bicyclic) bond motifs is 1. The molecule has 0 bridgehead atoms. The third-order valence-electron chi connectivity index (χ3n) is 3.57. The van der Waals surface area contributed by atoms with Gasteiger partial charge in [0.05, 0.1) is 20.0 Å². The highest BCUT2D eigenvalue weighted by Crippen LogP contribution is 2.33. The van der Waals surface area contributed by atoms with Gasteiger partial charge in [-0.05, 0) is 24.3 Å². The van der Waals surface area contributed by atoms with Gasteiger partial charge in [-0.15, -0.1) is 0 Å². The van der Waals surface area contributed by atoms with Gasteiger partial charge in [-0.3, -0.25) is 4.57 Å². The van der Waals surface area contributed by atoms with Crippen molar-refractivity contribution in [3.05, 3.63) is 30.6 Å². The highest BCUT2D eigenvalue weighted by molar-refractivity contribution is 7.51. The summed E-state index contributed by atoms with van der Waals surface area (Å²) in [5.74, 6) is 1.24. The molecule has 1 aromatic carbocycles.